The number of hydrogen-bond acceptors (Lipinski definition) is 5. The lowest BCUT2D eigenvalue weighted by atomic mass is 10.2. The van der Waals surface area contributed by atoms with Crippen LogP contribution in [0.15, 0.2) is 4.52 Å². The van der Waals surface area contributed by atoms with Crippen molar-refractivity contribution in [2.75, 3.05) is 6.54 Å². The van der Waals surface area contributed by atoms with Crippen molar-refractivity contribution in [1.82, 2.24) is 15.5 Å². The fourth-order valence-electron chi connectivity index (χ4n) is 1.45. The molecular formula is C12H21N3O3. The second-order valence-electron chi connectivity index (χ2n) is 4.34. The van der Waals surface area contributed by atoms with Crippen LogP contribution < -0.4 is 5.32 Å². The van der Waals surface area contributed by atoms with Gasteiger partial charge in [-0.05, 0) is 19.8 Å². The van der Waals surface area contributed by atoms with Crippen molar-refractivity contribution >= 4 is 5.91 Å². The van der Waals surface area contributed by atoms with Crippen LogP contribution in [0.25, 0.3) is 0 Å². The second-order valence-corrected chi connectivity index (χ2v) is 4.34. The Morgan fingerprint density at radius 1 is 1.50 bits per heavy atom. The monoisotopic (exact) mass is 255 g/mol. The molecule has 1 unspecified atom stereocenters. The maximum Gasteiger partial charge on any atom is 0.227 e. The molecule has 6 heteroatoms. The van der Waals surface area contributed by atoms with Crippen molar-refractivity contribution in [3.05, 3.63) is 11.7 Å². The second kappa shape index (κ2) is 7.81. The minimum absolute atomic E-state index is 0.0640. The van der Waals surface area contributed by atoms with Crippen molar-refractivity contribution in [3.63, 3.8) is 0 Å². The van der Waals surface area contributed by atoms with Gasteiger partial charge in [0.25, 0.3) is 0 Å². The smallest absolute Gasteiger partial charge is 0.227 e. The zero-order valence-corrected chi connectivity index (χ0v) is 11.0. The lowest BCUT2D eigenvalue weighted by Crippen LogP contribution is -2.26. The van der Waals surface area contributed by atoms with E-state index in [1.807, 2.05) is 6.92 Å². The Labute approximate surface area is 107 Å². The molecule has 6 nitrogen and oxygen atoms in total. The number of aromatic nitrogens is 2. The van der Waals surface area contributed by atoms with Crippen molar-refractivity contribution in [3.8, 4) is 0 Å². The first-order valence-electron chi connectivity index (χ1n) is 6.38. The number of aliphatic hydroxyl groups excluding tert-OH is 1. The third-order valence-electron chi connectivity index (χ3n) is 2.43. The minimum atomic E-state index is -0.391. The van der Waals surface area contributed by atoms with Gasteiger partial charge in [-0.25, -0.2) is 0 Å². The normalized spacial score (nSPS) is 12.4. The van der Waals surface area contributed by atoms with Crippen molar-refractivity contribution < 1.29 is 14.4 Å². The predicted octanol–water partition coefficient (Wildman–Crippen LogP) is 0.842. The van der Waals surface area contributed by atoms with E-state index in [0.29, 0.717) is 37.5 Å². The minimum Gasteiger partial charge on any atom is -0.393 e. The highest BCUT2D eigenvalue weighted by Crippen LogP contribution is 2.03. The summed E-state index contributed by atoms with van der Waals surface area (Å²) < 4.78 is 5.03. The van der Waals surface area contributed by atoms with Crippen molar-refractivity contribution in [1.29, 1.82) is 0 Å². The van der Waals surface area contributed by atoms with E-state index in [0.717, 1.165) is 12.8 Å². The molecule has 0 spiro atoms. The molecule has 1 aromatic rings. The number of nitrogens with zero attached hydrogens (tertiary/aromatic N) is 2. The number of rotatable bonds is 8. The molecule has 0 bridgehead atoms. The summed E-state index contributed by atoms with van der Waals surface area (Å²) in [6.07, 6.45) is 2.72. The van der Waals surface area contributed by atoms with E-state index in [-0.39, 0.29) is 5.91 Å². The first kappa shape index (κ1) is 14.6. The summed E-state index contributed by atoms with van der Waals surface area (Å²) in [5.41, 5.74) is 0. The van der Waals surface area contributed by atoms with Gasteiger partial charge in [-0.3, -0.25) is 4.79 Å². The topological polar surface area (TPSA) is 88.2 Å². The van der Waals surface area contributed by atoms with E-state index in [9.17, 15) is 4.79 Å². The third kappa shape index (κ3) is 5.77. The van der Waals surface area contributed by atoms with E-state index < -0.39 is 6.10 Å². The fourth-order valence-corrected chi connectivity index (χ4v) is 1.45. The van der Waals surface area contributed by atoms with Crippen LogP contribution in [-0.2, 0) is 17.6 Å². The first-order chi connectivity index (χ1) is 8.61. The third-order valence-corrected chi connectivity index (χ3v) is 2.43. The molecule has 0 aliphatic heterocycles. The molecule has 0 aliphatic carbocycles. The molecule has 2 N–H and O–H groups in total. The van der Waals surface area contributed by atoms with Crippen LogP contribution in [-0.4, -0.2) is 33.8 Å². The summed E-state index contributed by atoms with van der Waals surface area (Å²) in [7, 11) is 0. The largest absolute Gasteiger partial charge is 0.393 e. The molecule has 1 atom stereocenters. The Hall–Kier alpha value is -1.43. The number of nitrogens with one attached hydrogen (secondary N) is 1. The highest BCUT2D eigenvalue weighted by Gasteiger charge is 2.08. The van der Waals surface area contributed by atoms with Gasteiger partial charge < -0.3 is 14.9 Å². The van der Waals surface area contributed by atoms with E-state index in [4.69, 9.17) is 9.63 Å². The number of aliphatic hydroxyl groups is 1. The Kier molecular flexibility index (Phi) is 6.35. The highest BCUT2D eigenvalue weighted by molar-refractivity contribution is 5.75. The van der Waals surface area contributed by atoms with Gasteiger partial charge in [0.1, 0.15) is 0 Å². The average Bonchev–Trinajstić information content (AvgIpc) is 2.74. The number of carbonyl (C=O) groups excluding carboxylic acids is 1. The molecule has 102 valence electrons. The van der Waals surface area contributed by atoms with Gasteiger partial charge in [-0.15, -0.1) is 0 Å². The van der Waals surface area contributed by atoms with Crippen molar-refractivity contribution in [2.45, 2.75) is 52.1 Å². The lowest BCUT2D eigenvalue weighted by molar-refractivity contribution is -0.121. The van der Waals surface area contributed by atoms with Gasteiger partial charge in [-0.2, -0.15) is 4.98 Å². The zero-order chi connectivity index (χ0) is 13.4. The first-order valence-corrected chi connectivity index (χ1v) is 6.38. The number of hydrogen-bond donors (Lipinski definition) is 2. The Balaban J connectivity index is 2.20. The molecule has 1 rings (SSSR count). The van der Waals surface area contributed by atoms with E-state index >= 15 is 0 Å². The van der Waals surface area contributed by atoms with Crippen LogP contribution in [0, 0.1) is 0 Å². The molecule has 1 aromatic heterocycles. The summed E-state index contributed by atoms with van der Waals surface area (Å²) in [4.78, 5) is 15.6. The van der Waals surface area contributed by atoms with E-state index in [1.54, 1.807) is 6.92 Å². The standard InChI is InChI=1S/C12H21N3O3/c1-3-4-10-14-12(18-15-10)6-5-11(17)13-8-7-9(2)16/h9,16H,3-8H2,1-2H3,(H,13,17). The summed E-state index contributed by atoms with van der Waals surface area (Å²) in [5, 5.41) is 15.6. The van der Waals surface area contributed by atoms with Crippen LogP contribution in [0.2, 0.25) is 0 Å². The SMILES string of the molecule is CCCc1noc(CCC(=O)NCCC(C)O)n1. The maximum absolute atomic E-state index is 11.4. The van der Waals surface area contributed by atoms with Crippen LogP contribution in [0.1, 0.15) is 44.8 Å². The molecule has 1 heterocycles. The molecule has 18 heavy (non-hydrogen) atoms. The van der Waals surface area contributed by atoms with Gasteiger partial charge in [0.05, 0.1) is 6.10 Å². The van der Waals surface area contributed by atoms with Gasteiger partial charge in [-0.1, -0.05) is 12.1 Å². The van der Waals surface area contributed by atoms with Crippen LogP contribution in [0.4, 0.5) is 0 Å². The van der Waals surface area contributed by atoms with E-state index in [2.05, 4.69) is 15.5 Å². The van der Waals surface area contributed by atoms with Crippen molar-refractivity contribution in [2.24, 2.45) is 0 Å². The molecule has 1 amide bonds. The highest BCUT2D eigenvalue weighted by atomic mass is 16.5. The quantitative estimate of drug-likeness (QED) is 0.718. The summed E-state index contributed by atoms with van der Waals surface area (Å²) in [6, 6.07) is 0. The number of amides is 1. The molecule has 0 aliphatic rings. The molecular weight excluding hydrogens is 234 g/mol. The number of carbonyl (C=O) groups is 1. The van der Waals surface area contributed by atoms with Crippen LogP contribution in [0.3, 0.4) is 0 Å². The maximum atomic E-state index is 11.4. The average molecular weight is 255 g/mol. The zero-order valence-electron chi connectivity index (χ0n) is 11.0. The fraction of sp³-hybridized carbons (Fsp3) is 0.750. The van der Waals surface area contributed by atoms with Gasteiger partial charge in [0.15, 0.2) is 5.82 Å². The van der Waals surface area contributed by atoms with Gasteiger partial charge >= 0.3 is 0 Å². The molecule has 0 radical (unpaired) electrons. The summed E-state index contributed by atoms with van der Waals surface area (Å²) >= 11 is 0. The molecule has 0 saturated carbocycles. The lowest BCUT2D eigenvalue weighted by Gasteiger charge is -2.05. The molecule has 0 saturated heterocycles. The predicted molar refractivity (Wildman–Crippen MR) is 65.9 cm³/mol. The van der Waals surface area contributed by atoms with Crippen LogP contribution in [0.5, 0.6) is 0 Å². The Bertz CT molecular complexity index is 363. The molecule has 0 fully saturated rings. The van der Waals surface area contributed by atoms with Crippen LogP contribution >= 0.6 is 0 Å². The Morgan fingerprint density at radius 3 is 2.94 bits per heavy atom. The summed E-state index contributed by atoms with van der Waals surface area (Å²) in [5.74, 6) is 1.14. The van der Waals surface area contributed by atoms with Gasteiger partial charge in [0.2, 0.25) is 11.8 Å². The Morgan fingerprint density at radius 2 is 2.28 bits per heavy atom. The number of aryl methyl sites for hydroxylation is 2. The van der Waals surface area contributed by atoms with Gasteiger partial charge in [0, 0.05) is 25.8 Å². The molecule has 0 aromatic carbocycles. The van der Waals surface area contributed by atoms with E-state index in [1.165, 1.54) is 0 Å². The summed E-state index contributed by atoms with van der Waals surface area (Å²) in [6.45, 7) is 4.23.